The van der Waals surface area contributed by atoms with Gasteiger partial charge in [0.25, 0.3) is 0 Å². The molecule has 0 aromatic carbocycles. The van der Waals surface area contributed by atoms with Crippen molar-refractivity contribution in [2.24, 2.45) is 5.92 Å². The molecule has 0 aliphatic carbocycles. The van der Waals surface area contributed by atoms with Crippen molar-refractivity contribution in [2.75, 3.05) is 25.9 Å². The average Bonchev–Trinajstić information content (AvgIpc) is 2.39. The van der Waals surface area contributed by atoms with E-state index < -0.39 is 10.0 Å². The van der Waals surface area contributed by atoms with E-state index in [1.165, 1.54) is 6.26 Å². The summed E-state index contributed by atoms with van der Waals surface area (Å²) in [6.45, 7) is 2.75. The van der Waals surface area contributed by atoms with Crippen LogP contribution in [0.5, 0.6) is 0 Å². The molecule has 0 bridgehead atoms. The lowest BCUT2D eigenvalue weighted by atomic mass is 10.00. The summed E-state index contributed by atoms with van der Waals surface area (Å²) in [6, 6.07) is 3.78. The Hall–Kier alpha value is -1.05. The molecule has 1 aromatic rings. The summed E-state index contributed by atoms with van der Waals surface area (Å²) in [5, 5.41) is 11.1. The first-order valence-electron chi connectivity index (χ1n) is 6.48. The summed E-state index contributed by atoms with van der Waals surface area (Å²) in [6.07, 6.45) is 4.93. The van der Waals surface area contributed by atoms with Crippen LogP contribution in [0.3, 0.4) is 0 Å². The number of rotatable bonds is 5. The predicted molar refractivity (Wildman–Crippen MR) is 72.9 cm³/mol. The fraction of sp³-hybridized carbons (Fsp3) is 0.667. The Morgan fingerprint density at radius 3 is 3.05 bits per heavy atom. The molecular formula is C12H20N4O2S. The normalized spacial score (nSPS) is 21.4. The second-order valence-electron chi connectivity index (χ2n) is 4.98. The van der Waals surface area contributed by atoms with Gasteiger partial charge in [0.2, 0.25) is 10.0 Å². The molecule has 19 heavy (non-hydrogen) atoms. The summed E-state index contributed by atoms with van der Waals surface area (Å²) in [5.74, 6) is 0.375. The fourth-order valence-electron chi connectivity index (χ4n) is 2.33. The molecule has 1 atom stereocenters. The third-order valence-corrected chi connectivity index (χ3v) is 4.59. The van der Waals surface area contributed by atoms with Gasteiger partial charge in [-0.25, -0.2) is 12.7 Å². The molecule has 0 spiro atoms. The van der Waals surface area contributed by atoms with Gasteiger partial charge in [0, 0.05) is 25.8 Å². The van der Waals surface area contributed by atoms with E-state index in [1.54, 1.807) is 10.5 Å². The van der Waals surface area contributed by atoms with Gasteiger partial charge in [0.15, 0.2) is 0 Å². The van der Waals surface area contributed by atoms with Crippen molar-refractivity contribution in [1.82, 2.24) is 19.8 Å². The molecule has 1 aromatic heterocycles. The Balaban J connectivity index is 1.77. The molecule has 1 aliphatic rings. The van der Waals surface area contributed by atoms with Crippen LogP contribution in [0.15, 0.2) is 18.3 Å². The van der Waals surface area contributed by atoms with E-state index in [9.17, 15) is 8.42 Å². The summed E-state index contributed by atoms with van der Waals surface area (Å²) in [7, 11) is -3.05. The molecule has 1 saturated heterocycles. The number of sulfonamides is 1. The first-order chi connectivity index (χ1) is 9.05. The largest absolute Gasteiger partial charge is 0.311 e. The average molecular weight is 284 g/mol. The molecule has 1 N–H and O–H groups in total. The highest BCUT2D eigenvalue weighted by Crippen LogP contribution is 2.17. The summed E-state index contributed by atoms with van der Waals surface area (Å²) < 4.78 is 24.6. The van der Waals surface area contributed by atoms with E-state index in [2.05, 4.69) is 15.5 Å². The lowest BCUT2D eigenvalue weighted by molar-refractivity contribution is 0.261. The highest BCUT2D eigenvalue weighted by atomic mass is 32.2. The minimum absolute atomic E-state index is 0.375. The minimum Gasteiger partial charge on any atom is -0.311 e. The third-order valence-electron chi connectivity index (χ3n) is 3.32. The minimum atomic E-state index is -3.05. The maximum absolute atomic E-state index is 11.5. The van der Waals surface area contributed by atoms with Gasteiger partial charge >= 0.3 is 0 Å². The monoisotopic (exact) mass is 284 g/mol. The fourth-order valence-corrected chi connectivity index (χ4v) is 3.27. The quantitative estimate of drug-likeness (QED) is 0.838. The van der Waals surface area contributed by atoms with Crippen LogP contribution in [-0.2, 0) is 16.6 Å². The van der Waals surface area contributed by atoms with Crippen LogP contribution in [0.25, 0.3) is 0 Å². The van der Waals surface area contributed by atoms with Crippen molar-refractivity contribution in [1.29, 1.82) is 0 Å². The number of piperidine rings is 1. The summed E-state index contributed by atoms with van der Waals surface area (Å²) >= 11 is 0. The highest BCUT2D eigenvalue weighted by molar-refractivity contribution is 7.88. The van der Waals surface area contributed by atoms with Gasteiger partial charge in [0.1, 0.15) is 0 Å². The topological polar surface area (TPSA) is 75.2 Å². The molecule has 106 valence electrons. The molecule has 0 amide bonds. The van der Waals surface area contributed by atoms with Crippen LogP contribution in [0.2, 0.25) is 0 Å². The second-order valence-corrected chi connectivity index (χ2v) is 6.96. The van der Waals surface area contributed by atoms with E-state index >= 15 is 0 Å². The molecule has 1 unspecified atom stereocenters. The van der Waals surface area contributed by atoms with Crippen LogP contribution < -0.4 is 5.32 Å². The maximum atomic E-state index is 11.5. The second kappa shape index (κ2) is 6.40. The van der Waals surface area contributed by atoms with E-state index in [0.717, 1.165) is 25.1 Å². The standard InChI is InChI=1S/C12H20N4O2S/c1-19(17,18)16-7-3-4-11(10-16)8-13-9-12-5-2-6-14-15-12/h2,5-6,11,13H,3-4,7-10H2,1H3. The number of hydrogen-bond donors (Lipinski definition) is 1. The molecule has 0 radical (unpaired) electrons. The van der Waals surface area contributed by atoms with Gasteiger partial charge in [-0.2, -0.15) is 10.2 Å². The number of nitrogens with zero attached hydrogens (tertiary/aromatic N) is 3. The zero-order chi connectivity index (χ0) is 13.7. The maximum Gasteiger partial charge on any atom is 0.211 e. The Morgan fingerprint density at radius 1 is 1.53 bits per heavy atom. The Kier molecular flexibility index (Phi) is 4.84. The lowest BCUT2D eigenvalue weighted by Crippen LogP contribution is -2.42. The van der Waals surface area contributed by atoms with Gasteiger partial charge in [-0.15, -0.1) is 0 Å². The van der Waals surface area contributed by atoms with Crippen LogP contribution in [0.4, 0.5) is 0 Å². The van der Waals surface area contributed by atoms with Crippen LogP contribution in [0.1, 0.15) is 18.5 Å². The SMILES string of the molecule is CS(=O)(=O)N1CCCC(CNCc2cccnn2)C1. The number of aromatic nitrogens is 2. The smallest absolute Gasteiger partial charge is 0.211 e. The number of nitrogens with one attached hydrogen (secondary N) is 1. The third kappa shape index (κ3) is 4.52. The first-order valence-corrected chi connectivity index (χ1v) is 8.33. The summed E-state index contributed by atoms with van der Waals surface area (Å²) in [5.41, 5.74) is 0.901. The zero-order valence-electron chi connectivity index (χ0n) is 11.1. The van der Waals surface area contributed by atoms with Crippen molar-refractivity contribution < 1.29 is 8.42 Å². The van der Waals surface area contributed by atoms with Gasteiger partial charge in [-0.1, -0.05) is 0 Å². The molecule has 0 saturated carbocycles. The van der Waals surface area contributed by atoms with Crippen molar-refractivity contribution in [3.8, 4) is 0 Å². The van der Waals surface area contributed by atoms with Crippen LogP contribution in [0, 0.1) is 5.92 Å². The van der Waals surface area contributed by atoms with Gasteiger partial charge in [0.05, 0.1) is 11.9 Å². The molecule has 2 rings (SSSR count). The van der Waals surface area contributed by atoms with Gasteiger partial charge in [-0.05, 0) is 37.4 Å². The van der Waals surface area contributed by atoms with Gasteiger partial charge in [-0.3, -0.25) is 0 Å². The first kappa shape index (κ1) is 14.4. The van der Waals surface area contributed by atoms with Crippen LogP contribution in [-0.4, -0.2) is 48.8 Å². The highest BCUT2D eigenvalue weighted by Gasteiger charge is 2.25. The molecule has 1 aliphatic heterocycles. The molecule has 1 fully saturated rings. The molecule has 2 heterocycles. The summed E-state index contributed by atoms with van der Waals surface area (Å²) in [4.78, 5) is 0. The van der Waals surface area contributed by atoms with E-state index in [0.29, 0.717) is 25.6 Å². The predicted octanol–water partition coefficient (Wildman–Crippen LogP) is 0.238. The van der Waals surface area contributed by atoms with Crippen molar-refractivity contribution in [3.05, 3.63) is 24.0 Å². The Labute approximate surface area is 114 Å². The zero-order valence-corrected chi connectivity index (χ0v) is 11.9. The van der Waals surface area contributed by atoms with E-state index in [1.807, 2.05) is 12.1 Å². The van der Waals surface area contributed by atoms with Crippen molar-refractivity contribution in [3.63, 3.8) is 0 Å². The Bertz CT molecular complexity index is 492. The van der Waals surface area contributed by atoms with Gasteiger partial charge < -0.3 is 5.32 Å². The molecular weight excluding hydrogens is 264 g/mol. The Morgan fingerprint density at radius 2 is 2.37 bits per heavy atom. The molecule has 6 nitrogen and oxygen atoms in total. The van der Waals surface area contributed by atoms with Crippen molar-refractivity contribution >= 4 is 10.0 Å². The van der Waals surface area contributed by atoms with Crippen LogP contribution >= 0.6 is 0 Å². The van der Waals surface area contributed by atoms with Crippen molar-refractivity contribution in [2.45, 2.75) is 19.4 Å². The van der Waals surface area contributed by atoms with E-state index in [-0.39, 0.29) is 0 Å². The van der Waals surface area contributed by atoms with E-state index in [4.69, 9.17) is 0 Å². The lowest BCUT2D eigenvalue weighted by Gasteiger charge is -2.31. The number of hydrogen-bond acceptors (Lipinski definition) is 5. The molecule has 7 heteroatoms.